The highest BCUT2D eigenvalue weighted by Crippen LogP contribution is 2.31. The van der Waals surface area contributed by atoms with Crippen molar-refractivity contribution in [3.05, 3.63) is 81.1 Å². The summed E-state index contributed by atoms with van der Waals surface area (Å²) in [5.74, 6) is -1.38. The number of nitrogens with one attached hydrogen (secondary N) is 1. The summed E-state index contributed by atoms with van der Waals surface area (Å²) < 4.78 is 15.2. The third-order valence-corrected chi connectivity index (χ3v) is 5.28. The summed E-state index contributed by atoms with van der Waals surface area (Å²) in [5, 5.41) is 18.8. The molecule has 4 rings (SSSR count). The molecule has 28 heavy (non-hydrogen) atoms. The fourth-order valence-corrected chi connectivity index (χ4v) is 3.90. The van der Waals surface area contributed by atoms with E-state index in [0.29, 0.717) is 4.88 Å². The second-order valence-electron chi connectivity index (χ2n) is 6.04. The summed E-state index contributed by atoms with van der Waals surface area (Å²) in [6.45, 7) is 1.86. The zero-order chi connectivity index (χ0) is 19.8. The van der Waals surface area contributed by atoms with Gasteiger partial charge in [0, 0.05) is 17.1 Å². The topological polar surface area (TPSA) is 90.1 Å². The first-order valence-electron chi connectivity index (χ1n) is 8.24. The summed E-state index contributed by atoms with van der Waals surface area (Å²) >= 11 is 1.26. The van der Waals surface area contributed by atoms with Crippen LogP contribution in [0.4, 0.5) is 15.8 Å². The highest BCUT2D eigenvalue weighted by atomic mass is 32.1. The number of rotatable bonds is 4. The molecule has 0 spiro atoms. The van der Waals surface area contributed by atoms with Gasteiger partial charge in [0.25, 0.3) is 5.91 Å². The quantitative estimate of drug-likeness (QED) is 0.400. The number of halogens is 1. The van der Waals surface area contributed by atoms with E-state index >= 15 is 0 Å². The van der Waals surface area contributed by atoms with Crippen LogP contribution in [0.3, 0.4) is 0 Å². The van der Waals surface area contributed by atoms with Crippen molar-refractivity contribution in [3.63, 3.8) is 0 Å². The number of hydrogen-bond acceptors (Lipinski definition) is 5. The number of aromatic nitrogens is 2. The van der Waals surface area contributed by atoms with E-state index < -0.39 is 22.3 Å². The summed E-state index contributed by atoms with van der Waals surface area (Å²) in [6.07, 6.45) is 0. The number of fused-ring (bicyclic) bond motifs is 1. The molecule has 140 valence electrons. The van der Waals surface area contributed by atoms with Crippen LogP contribution in [0, 0.1) is 22.9 Å². The number of hydrogen-bond donors (Lipinski definition) is 1. The van der Waals surface area contributed by atoms with Gasteiger partial charge < -0.3 is 5.32 Å². The lowest BCUT2D eigenvalue weighted by Crippen LogP contribution is -2.10. The Morgan fingerprint density at radius 1 is 1.21 bits per heavy atom. The van der Waals surface area contributed by atoms with E-state index in [1.807, 2.05) is 37.3 Å². The fraction of sp³-hybridized carbons (Fsp3) is 0.0526. The Labute approximate surface area is 162 Å². The molecule has 0 aliphatic heterocycles. The molecule has 2 heterocycles. The molecule has 0 fully saturated rings. The van der Waals surface area contributed by atoms with Gasteiger partial charge in [-0.1, -0.05) is 18.2 Å². The fourth-order valence-electron chi connectivity index (χ4n) is 2.83. The van der Waals surface area contributed by atoms with Crippen molar-refractivity contribution in [2.75, 3.05) is 5.32 Å². The lowest BCUT2D eigenvalue weighted by molar-refractivity contribution is -0.387. The number of amides is 1. The SMILES string of the molecule is Cc1nn(-c2ccccc2)c2sc(C(=O)Nc3ccc(F)c([N+](=O)[O-])c3)cc12. The van der Waals surface area contributed by atoms with Crippen LogP contribution >= 0.6 is 11.3 Å². The molecule has 0 saturated heterocycles. The van der Waals surface area contributed by atoms with Gasteiger partial charge >= 0.3 is 5.69 Å². The number of para-hydroxylation sites is 1. The van der Waals surface area contributed by atoms with E-state index in [2.05, 4.69) is 10.4 Å². The predicted molar refractivity (Wildman–Crippen MR) is 105 cm³/mol. The van der Waals surface area contributed by atoms with Crippen molar-refractivity contribution in [1.82, 2.24) is 9.78 Å². The molecular formula is C19H13FN4O3S. The maximum Gasteiger partial charge on any atom is 0.306 e. The Morgan fingerprint density at radius 3 is 2.68 bits per heavy atom. The second kappa shape index (κ2) is 6.86. The molecule has 0 unspecified atom stereocenters. The number of carbonyl (C=O) groups excluding carboxylic acids is 1. The van der Waals surface area contributed by atoms with Gasteiger partial charge in [-0.15, -0.1) is 11.3 Å². The predicted octanol–water partition coefficient (Wildman–Crippen LogP) is 4.70. The number of benzene rings is 2. The maximum atomic E-state index is 13.5. The first-order chi connectivity index (χ1) is 13.4. The Hall–Kier alpha value is -3.59. The lowest BCUT2D eigenvalue weighted by atomic mass is 10.2. The number of nitrogens with zero attached hydrogens (tertiary/aromatic N) is 3. The van der Waals surface area contributed by atoms with E-state index in [0.717, 1.165) is 33.7 Å². The third-order valence-electron chi connectivity index (χ3n) is 4.17. The number of nitro groups is 1. The van der Waals surface area contributed by atoms with E-state index in [9.17, 15) is 19.3 Å². The van der Waals surface area contributed by atoms with Crippen LogP contribution in [-0.2, 0) is 0 Å². The van der Waals surface area contributed by atoms with Gasteiger partial charge in [0.1, 0.15) is 4.83 Å². The average molecular weight is 396 g/mol. The van der Waals surface area contributed by atoms with E-state index in [1.54, 1.807) is 10.7 Å². The monoisotopic (exact) mass is 396 g/mol. The largest absolute Gasteiger partial charge is 0.321 e. The first-order valence-corrected chi connectivity index (χ1v) is 9.05. The van der Waals surface area contributed by atoms with Crippen molar-refractivity contribution < 1.29 is 14.1 Å². The highest BCUT2D eigenvalue weighted by molar-refractivity contribution is 7.20. The summed E-state index contributed by atoms with van der Waals surface area (Å²) in [7, 11) is 0. The summed E-state index contributed by atoms with van der Waals surface area (Å²) in [4.78, 5) is 23.9. The summed E-state index contributed by atoms with van der Waals surface area (Å²) in [5.41, 5.74) is 1.12. The lowest BCUT2D eigenvalue weighted by Gasteiger charge is -2.04. The van der Waals surface area contributed by atoms with Crippen molar-refractivity contribution in [3.8, 4) is 5.69 Å². The average Bonchev–Trinajstić information content (AvgIpc) is 3.25. The minimum atomic E-state index is -0.955. The molecule has 2 aromatic heterocycles. The molecule has 7 nitrogen and oxygen atoms in total. The Morgan fingerprint density at radius 2 is 1.96 bits per heavy atom. The molecule has 0 radical (unpaired) electrons. The Balaban J connectivity index is 1.67. The van der Waals surface area contributed by atoms with Gasteiger partial charge in [-0.25, -0.2) is 4.68 Å². The van der Waals surface area contributed by atoms with Crippen LogP contribution in [0.5, 0.6) is 0 Å². The van der Waals surface area contributed by atoms with Gasteiger partial charge in [0.2, 0.25) is 5.82 Å². The van der Waals surface area contributed by atoms with Gasteiger partial charge in [-0.2, -0.15) is 9.49 Å². The number of nitro benzene ring substituents is 1. The molecule has 0 aliphatic rings. The van der Waals surface area contributed by atoms with Crippen molar-refractivity contribution in [2.24, 2.45) is 0 Å². The summed E-state index contributed by atoms with van der Waals surface area (Å²) in [6, 6.07) is 14.5. The molecule has 2 aromatic carbocycles. The van der Waals surface area contributed by atoms with E-state index in [1.165, 1.54) is 17.4 Å². The smallest absolute Gasteiger partial charge is 0.306 e. The van der Waals surface area contributed by atoms with Gasteiger partial charge in [-0.3, -0.25) is 14.9 Å². The normalized spacial score (nSPS) is 10.9. The standard InChI is InChI=1S/C19H13FN4O3S/c1-11-14-10-17(28-19(14)23(22-11)13-5-3-2-4-6-13)18(25)21-12-7-8-15(20)16(9-12)24(26)27/h2-10H,1H3,(H,21,25). The minimum absolute atomic E-state index is 0.150. The van der Waals surface area contributed by atoms with Crippen LogP contribution in [0.2, 0.25) is 0 Å². The Kier molecular flexibility index (Phi) is 4.36. The van der Waals surface area contributed by atoms with E-state index in [-0.39, 0.29) is 5.69 Å². The number of aryl methyl sites for hydroxylation is 1. The number of carbonyl (C=O) groups is 1. The zero-order valence-corrected chi connectivity index (χ0v) is 15.4. The van der Waals surface area contributed by atoms with Crippen molar-refractivity contribution >= 4 is 38.8 Å². The van der Waals surface area contributed by atoms with Crippen LogP contribution in [0.15, 0.2) is 54.6 Å². The van der Waals surface area contributed by atoms with Gasteiger partial charge in [0.15, 0.2) is 0 Å². The van der Waals surface area contributed by atoms with Crippen LogP contribution in [-0.4, -0.2) is 20.6 Å². The maximum absolute atomic E-state index is 13.5. The van der Waals surface area contributed by atoms with Crippen LogP contribution in [0.1, 0.15) is 15.4 Å². The minimum Gasteiger partial charge on any atom is -0.321 e. The molecule has 4 aromatic rings. The molecular weight excluding hydrogens is 383 g/mol. The van der Waals surface area contributed by atoms with Gasteiger partial charge in [-0.05, 0) is 37.3 Å². The van der Waals surface area contributed by atoms with E-state index in [4.69, 9.17) is 0 Å². The molecule has 0 saturated carbocycles. The first kappa shape index (κ1) is 17.8. The van der Waals surface area contributed by atoms with Crippen molar-refractivity contribution in [1.29, 1.82) is 0 Å². The molecule has 0 atom stereocenters. The van der Waals surface area contributed by atoms with Gasteiger partial charge in [0.05, 0.1) is 21.2 Å². The van der Waals surface area contributed by atoms with Crippen LogP contribution < -0.4 is 5.32 Å². The third kappa shape index (κ3) is 3.12. The Bertz CT molecular complexity index is 1220. The molecule has 1 N–H and O–H groups in total. The van der Waals surface area contributed by atoms with Crippen molar-refractivity contribution in [2.45, 2.75) is 6.92 Å². The zero-order valence-electron chi connectivity index (χ0n) is 14.5. The number of anilines is 1. The van der Waals surface area contributed by atoms with Crippen LogP contribution in [0.25, 0.3) is 15.9 Å². The second-order valence-corrected chi connectivity index (χ2v) is 7.07. The molecule has 1 amide bonds. The molecule has 0 aliphatic carbocycles. The number of thiophene rings is 1. The molecule has 9 heteroatoms. The molecule has 0 bridgehead atoms. The highest BCUT2D eigenvalue weighted by Gasteiger charge is 2.19.